The number of benzene rings is 3. The minimum Gasteiger partial charge on any atom is -0.496 e. The number of carbonyl (C=O) groups excluding carboxylic acids is 1. The van der Waals surface area contributed by atoms with Gasteiger partial charge in [-0.1, -0.05) is 36.4 Å². The van der Waals surface area contributed by atoms with E-state index in [2.05, 4.69) is 10.5 Å². The third kappa shape index (κ3) is 4.25. The molecule has 4 nitrogen and oxygen atoms in total. The highest BCUT2D eigenvalue weighted by molar-refractivity contribution is 6.01. The number of ether oxygens (including phenoxy) is 1. The molecular weight excluding hydrogens is 357 g/mol. The number of hydrogen-bond acceptors (Lipinski definition) is 3. The van der Waals surface area contributed by atoms with Crippen molar-refractivity contribution in [1.29, 1.82) is 0 Å². The number of rotatable bonds is 4. The third-order valence-corrected chi connectivity index (χ3v) is 3.91. The van der Waals surface area contributed by atoms with Crippen LogP contribution in [0.15, 0.2) is 65.8 Å². The van der Waals surface area contributed by atoms with Crippen molar-refractivity contribution >= 4 is 22.9 Å². The topological polar surface area (TPSA) is 50.7 Å². The molecule has 0 radical (unpaired) electrons. The highest BCUT2D eigenvalue weighted by Gasteiger charge is 2.30. The molecule has 0 bridgehead atoms. The smallest absolute Gasteiger partial charge is 0.416 e. The van der Waals surface area contributed by atoms with Crippen LogP contribution in [0.1, 0.15) is 21.5 Å². The van der Waals surface area contributed by atoms with E-state index >= 15 is 0 Å². The average Bonchev–Trinajstić information content (AvgIpc) is 2.66. The fourth-order valence-corrected chi connectivity index (χ4v) is 2.59. The van der Waals surface area contributed by atoms with Gasteiger partial charge in [0.15, 0.2) is 0 Å². The summed E-state index contributed by atoms with van der Waals surface area (Å²) in [7, 11) is 1.45. The van der Waals surface area contributed by atoms with Crippen LogP contribution in [-0.2, 0) is 6.18 Å². The quantitative estimate of drug-likeness (QED) is 0.536. The predicted molar refractivity (Wildman–Crippen MR) is 97.0 cm³/mol. The van der Waals surface area contributed by atoms with Crippen molar-refractivity contribution in [2.45, 2.75) is 6.18 Å². The van der Waals surface area contributed by atoms with E-state index < -0.39 is 17.6 Å². The Morgan fingerprint density at radius 3 is 2.41 bits per heavy atom. The lowest BCUT2D eigenvalue weighted by Crippen LogP contribution is -2.18. The monoisotopic (exact) mass is 372 g/mol. The first-order valence-electron chi connectivity index (χ1n) is 7.96. The number of nitrogens with zero attached hydrogens (tertiary/aromatic N) is 1. The SMILES string of the molecule is COc1cc2ccccc2cc1C(=O)NN=Cc1cccc(C(F)(F)F)c1. The van der Waals surface area contributed by atoms with E-state index in [4.69, 9.17) is 4.74 Å². The van der Waals surface area contributed by atoms with Crippen LogP contribution in [0.4, 0.5) is 13.2 Å². The Bertz CT molecular complexity index is 1010. The first-order valence-corrected chi connectivity index (χ1v) is 7.96. The fraction of sp³-hybridized carbons (Fsp3) is 0.100. The molecule has 0 saturated heterocycles. The normalized spacial score (nSPS) is 11.7. The van der Waals surface area contributed by atoms with Crippen LogP contribution >= 0.6 is 0 Å². The van der Waals surface area contributed by atoms with Gasteiger partial charge in [-0.2, -0.15) is 18.3 Å². The standard InChI is InChI=1S/C20H15F3N2O2/c1-27-18-11-15-7-3-2-6-14(15)10-17(18)19(26)25-24-12-13-5-4-8-16(9-13)20(21,22)23/h2-12H,1H3,(H,25,26). The summed E-state index contributed by atoms with van der Waals surface area (Å²) in [4.78, 5) is 12.4. The van der Waals surface area contributed by atoms with Gasteiger partial charge in [0.1, 0.15) is 5.75 Å². The number of amides is 1. The third-order valence-electron chi connectivity index (χ3n) is 3.91. The fourth-order valence-electron chi connectivity index (χ4n) is 2.59. The number of carbonyl (C=O) groups is 1. The molecule has 0 aromatic heterocycles. The molecule has 0 spiro atoms. The summed E-state index contributed by atoms with van der Waals surface area (Å²) in [6.07, 6.45) is -3.29. The number of nitrogens with one attached hydrogen (secondary N) is 1. The van der Waals surface area contributed by atoms with Gasteiger partial charge in [-0.25, -0.2) is 5.43 Å². The van der Waals surface area contributed by atoms with E-state index in [0.717, 1.165) is 29.1 Å². The van der Waals surface area contributed by atoms with Crippen LogP contribution < -0.4 is 10.2 Å². The van der Waals surface area contributed by atoms with Crippen molar-refractivity contribution in [2.75, 3.05) is 7.11 Å². The van der Waals surface area contributed by atoms with Gasteiger partial charge in [0.05, 0.1) is 24.5 Å². The summed E-state index contributed by atoms with van der Waals surface area (Å²) in [6.45, 7) is 0. The van der Waals surface area contributed by atoms with Crippen LogP contribution in [0.5, 0.6) is 5.75 Å². The maximum Gasteiger partial charge on any atom is 0.416 e. The van der Waals surface area contributed by atoms with Gasteiger partial charge in [-0.05, 0) is 40.6 Å². The van der Waals surface area contributed by atoms with Crippen molar-refractivity contribution < 1.29 is 22.7 Å². The van der Waals surface area contributed by atoms with Crippen LogP contribution in [-0.4, -0.2) is 19.2 Å². The number of hydrogen-bond donors (Lipinski definition) is 1. The minimum absolute atomic E-state index is 0.218. The summed E-state index contributed by atoms with van der Waals surface area (Å²) in [5, 5.41) is 5.52. The molecule has 7 heteroatoms. The molecule has 27 heavy (non-hydrogen) atoms. The number of methoxy groups -OCH3 is 1. The molecular formula is C20H15F3N2O2. The molecule has 0 heterocycles. The molecule has 3 aromatic rings. The molecule has 3 aromatic carbocycles. The summed E-state index contributed by atoms with van der Waals surface area (Å²) >= 11 is 0. The lowest BCUT2D eigenvalue weighted by molar-refractivity contribution is -0.137. The van der Waals surface area contributed by atoms with Crippen molar-refractivity contribution in [3.05, 3.63) is 77.4 Å². The molecule has 3 rings (SSSR count). The van der Waals surface area contributed by atoms with Gasteiger partial charge < -0.3 is 4.74 Å². The van der Waals surface area contributed by atoms with Crippen molar-refractivity contribution in [3.8, 4) is 5.75 Å². The van der Waals surface area contributed by atoms with Gasteiger partial charge in [0.25, 0.3) is 5.91 Å². The molecule has 1 N–H and O–H groups in total. The zero-order valence-electron chi connectivity index (χ0n) is 14.2. The van der Waals surface area contributed by atoms with Gasteiger partial charge in [-0.15, -0.1) is 0 Å². The Kier molecular flexibility index (Phi) is 5.12. The largest absolute Gasteiger partial charge is 0.496 e. The molecule has 0 saturated carbocycles. The molecule has 0 atom stereocenters. The molecule has 138 valence electrons. The second-order valence-electron chi connectivity index (χ2n) is 5.72. The molecule has 0 aliphatic carbocycles. The zero-order valence-corrected chi connectivity index (χ0v) is 14.2. The summed E-state index contributed by atoms with van der Waals surface area (Å²) < 4.78 is 43.4. The Hall–Kier alpha value is -3.35. The number of fused-ring (bicyclic) bond motifs is 1. The first-order chi connectivity index (χ1) is 12.9. The minimum atomic E-state index is -4.44. The maximum absolute atomic E-state index is 12.7. The predicted octanol–water partition coefficient (Wildman–Crippen LogP) is 4.63. The number of hydrazone groups is 1. The summed E-state index contributed by atoms with van der Waals surface area (Å²) in [5.41, 5.74) is 2.02. The lowest BCUT2D eigenvalue weighted by atomic mass is 10.1. The second-order valence-corrected chi connectivity index (χ2v) is 5.72. The summed E-state index contributed by atoms with van der Waals surface area (Å²) in [6, 6.07) is 15.5. The van der Waals surface area contributed by atoms with Gasteiger partial charge in [0, 0.05) is 0 Å². The Balaban J connectivity index is 1.80. The molecule has 0 fully saturated rings. The van der Waals surface area contributed by atoms with Crippen molar-refractivity contribution in [1.82, 2.24) is 5.43 Å². The van der Waals surface area contributed by atoms with E-state index in [1.54, 1.807) is 12.1 Å². The van der Waals surface area contributed by atoms with Crippen LogP contribution in [0.3, 0.4) is 0 Å². The van der Waals surface area contributed by atoms with E-state index in [1.807, 2.05) is 24.3 Å². The van der Waals surface area contributed by atoms with E-state index in [1.165, 1.54) is 19.2 Å². The Morgan fingerprint density at radius 2 is 1.74 bits per heavy atom. The maximum atomic E-state index is 12.7. The first kappa shape index (κ1) is 18.4. The van der Waals surface area contributed by atoms with Crippen LogP contribution in [0, 0.1) is 0 Å². The summed E-state index contributed by atoms with van der Waals surface area (Å²) in [5.74, 6) is -0.152. The molecule has 0 unspecified atom stereocenters. The average molecular weight is 372 g/mol. The van der Waals surface area contributed by atoms with Gasteiger partial charge in [-0.3, -0.25) is 4.79 Å². The Morgan fingerprint density at radius 1 is 1.04 bits per heavy atom. The van der Waals surface area contributed by atoms with E-state index in [9.17, 15) is 18.0 Å². The van der Waals surface area contributed by atoms with Crippen molar-refractivity contribution in [2.24, 2.45) is 5.10 Å². The highest BCUT2D eigenvalue weighted by Crippen LogP contribution is 2.29. The molecule has 0 aliphatic heterocycles. The van der Waals surface area contributed by atoms with Crippen molar-refractivity contribution in [3.63, 3.8) is 0 Å². The molecule has 1 amide bonds. The van der Waals surface area contributed by atoms with Crippen LogP contribution in [0.2, 0.25) is 0 Å². The number of alkyl halides is 3. The van der Waals surface area contributed by atoms with E-state index in [0.29, 0.717) is 5.75 Å². The number of halogens is 3. The Labute approximate surface area is 153 Å². The van der Waals surface area contributed by atoms with Crippen LogP contribution in [0.25, 0.3) is 10.8 Å². The van der Waals surface area contributed by atoms with Gasteiger partial charge >= 0.3 is 6.18 Å². The van der Waals surface area contributed by atoms with Gasteiger partial charge in [0.2, 0.25) is 0 Å². The lowest BCUT2D eigenvalue weighted by Gasteiger charge is -2.09. The van der Waals surface area contributed by atoms with E-state index in [-0.39, 0.29) is 11.1 Å². The second kappa shape index (κ2) is 7.49. The molecule has 0 aliphatic rings. The zero-order chi connectivity index (χ0) is 19.4. The highest BCUT2D eigenvalue weighted by atomic mass is 19.4.